The van der Waals surface area contributed by atoms with E-state index in [1.165, 1.54) is 0 Å². The van der Waals surface area contributed by atoms with Gasteiger partial charge in [0, 0.05) is 12.1 Å². The summed E-state index contributed by atoms with van der Waals surface area (Å²) in [6.45, 7) is 11.5. The summed E-state index contributed by atoms with van der Waals surface area (Å²) in [5.74, 6) is 0. The molecule has 0 radical (unpaired) electrons. The summed E-state index contributed by atoms with van der Waals surface area (Å²) >= 11 is 0. The second kappa shape index (κ2) is 4.89. The highest BCUT2D eigenvalue weighted by Gasteiger charge is 2.36. The molecular weight excluding hydrogens is 202 g/mol. The minimum absolute atomic E-state index is 0.190. The molecule has 1 amide bonds. The molecule has 1 heterocycles. The first kappa shape index (κ1) is 13.1. The molecule has 0 N–H and O–H groups in total. The van der Waals surface area contributed by atoms with Gasteiger partial charge in [-0.2, -0.15) is 0 Å². The van der Waals surface area contributed by atoms with E-state index in [1.54, 1.807) is 0 Å². The number of likely N-dealkylation sites (tertiary alicyclic amines) is 1. The summed E-state index contributed by atoms with van der Waals surface area (Å²) in [6.07, 6.45) is 4.64. The standard InChI is InChI=1S/C13H23NO2/c1-6-7-11-9-8-10(2)14(11)12(15)16-13(3,4)5/h6,10-11H,1,7-9H2,2-5H3/t10-,11+/m1/s1. The predicted molar refractivity (Wildman–Crippen MR) is 65.4 cm³/mol. The smallest absolute Gasteiger partial charge is 0.410 e. The monoisotopic (exact) mass is 225 g/mol. The number of ether oxygens (including phenoxy) is 1. The second-order valence-corrected chi connectivity index (χ2v) is 5.49. The Morgan fingerprint density at radius 1 is 1.50 bits per heavy atom. The number of hydrogen-bond donors (Lipinski definition) is 0. The Labute approximate surface area is 98.5 Å². The van der Waals surface area contributed by atoms with Crippen molar-refractivity contribution in [1.29, 1.82) is 0 Å². The van der Waals surface area contributed by atoms with E-state index in [1.807, 2.05) is 31.7 Å². The second-order valence-electron chi connectivity index (χ2n) is 5.49. The summed E-state index contributed by atoms with van der Waals surface area (Å²) in [7, 11) is 0. The molecule has 92 valence electrons. The van der Waals surface area contributed by atoms with Gasteiger partial charge >= 0.3 is 6.09 Å². The predicted octanol–water partition coefficient (Wildman–Crippen LogP) is 3.35. The van der Waals surface area contributed by atoms with Crippen molar-refractivity contribution in [3.63, 3.8) is 0 Å². The van der Waals surface area contributed by atoms with Gasteiger partial charge in [-0.25, -0.2) is 4.79 Å². The summed E-state index contributed by atoms with van der Waals surface area (Å²) < 4.78 is 5.42. The van der Waals surface area contributed by atoms with Crippen molar-refractivity contribution < 1.29 is 9.53 Å². The average molecular weight is 225 g/mol. The molecule has 1 fully saturated rings. The zero-order valence-electron chi connectivity index (χ0n) is 10.8. The Morgan fingerprint density at radius 2 is 2.12 bits per heavy atom. The number of rotatable bonds is 2. The molecule has 0 unspecified atom stereocenters. The molecule has 0 aromatic rings. The summed E-state index contributed by atoms with van der Waals surface area (Å²) in [4.78, 5) is 13.9. The minimum Gasteiger partial charge on any atom is -0.444 e. The highest BCUT2D eigenvalue weighted by molar-refractivity contribution is 5.69. The van der Waals surface area contributed by atoms with Gasteiger partial charge in [0.15, 0.2) is 0 Å². The van der Waals surface area contributed by atoms with Crippen molar-refractivity contribution in [3.8, 4) is 0 Å². The van der Waals surface area contributed by atoms with Crippen LogP contribution >= 0.6 is 0 Å². The maximum Gasteiger partial charge on any atom is 0.410 e. The maximum absolute atomic E-state index is 12.0. The molecule has 0 bridgehead atoms. The van der Waals surface area contributed by atoms with Gasteiger partial charge in [-0.05, 0) is 47.0 Å². The van der Waals surface area contributed by atoms with E-state index in [2.05, 4.69) is 13.5 Å². The number of carbonyl (C=O) groups is 1. The van der Waals surface area contributed by atoms with E-state index in [-0.39, 0.29) is 18.2 Å². The fraction of sp³-hybridized carbons (Fsp3) is 0.769. The van der Waals surface area contributed by atoms with Gasteiger partial charge in [0.1, 0.15) is 5.60 Å². The Bertz CT molecular complexity index is 268. The van der Waals surface area contributed by atoms with Crippen LogP contribution in [0.3, 0.4) is 0 Å². The van der Waals surface area contributed by atoms with Gasteiger partial charge in [-0.3, -0.25) is 0 Å². The molecular formula is C13H23NO2. The lowest BCUT2D eigenvalue weighted by molar-refractivity contribution is 0.0163. The molecule has 1 aliphatic heterocycles. The molecule has 1 aliphatic rings. The largest absolute Gasteiger partial charge is 0.444 e. The van der Waals surface area contributed by atoms with Crippen LogP contribution in [0.2, 0.25) is 0 Å². The normalized spacial score (nSPS) is 25.6. The third kappa shape index (κ3) is 3.26. The van der Waals surface area contributed by atoms with Crippen LogP contribution in [0.1, 0.15) is 47.0 Å². The molecule has 1 rings (SSSR count). The first-order valence-electron chi connectivity index (χ1n) is 5.97. The van der Waals surface area contributed by atoms with E-state index < -0.39 is 5.60 Å². The third-order valence-electron chi connectivity index (χ3n) is 2.83. The summed E-state index contributed by atoms with van der Waals surface area (Å²) in [5, 5.41) is 0. The lowest BCUT2D eigenvalue weighted by atomic mass is 10.1. The fourth-order valence-electron chi connectivity index (χ4n) is 2.14. The van der Waals surface area contributed by atoms with Gasteiger partial charge in [-0.15, -0.1) is 6.58 Å². The van der Waals surface area contributed by atoms with E-state index >= 15 is 0 Å². The van der Waals surface area contributed by atoms with Crippen LogP contribution in [0.4, 0.5) is 4.79 Å². The van der Waals surface area contributed by atoms with Crippen LogP contribution in [0.5, 0.6) is 0 Å². The average Bonchev–Trinajstić information content (AvgIpc) is 2.44. The van der Waals surface area contributed by atoms with E-state index in [0.29, 0.717) is 0 Å². The Hall–Kier alpha value is -0.990. The number of amides is 1. The van der Waals surface area contributed by atoms with Crippen molar-refractivity contribution in [3.05, 3.63) is 12.7 Å². The molecule has 16 heavy (non-hydrogen) atoms. The van der Waals surface area contributed by atoms with Gasteiger partial charge in [0.05, 0.1) is 0 Å². The van der Waals surface area contributed by atoms with Crippen molar-refractivity contribution in [2.24, 2.45) is 0 Å². The lowest BCUT2D eigenvalue weighted by Crippen LogP contribution is -2.43. The van der Waals surface area contributed by atoms with E-state index in [0.717, 1.165) is 19.3 Å². The molecule has 1 saturated heterocycles. The highest BCUT2D eigenvalue weighted by Crippen LogP contribution is 2.28. The summed E-state index contributed by atoms with van der Waals surface area (Å²) in [6, 6.07) is 0.544. The van der Waals surface area contributed by atoms with Crippen molar-refractivity contribution in [2.75, 3.05) is 0 Å². The highest BCUT2D eigenvalue weighted by atomic mass is 16.6. The first-order valence-corrected chi connectivity index (χ1v) is 5.97. The van der Waals surface area contributed by atoms with E-state index in [9.17, 15) is 4.79 Å². The number of carbonyl (C=O) groups excluding carboxylic acids is 1. The SMILES string of the molecule is C=CC[C@H]1CC[C@@H](C)N1C(=O)OC(C)(C)C. The Balaban J connectivity index is 2.67. The van der Waals surface area contributed by atoms with Crippen LogP contribution < -0.4 is 0 Å². The molecule has 0 aromatic heterocycles. The molecule has 3 nitrogen and oxygen atoms in total. The fourth-order valence-corrected chi connectivity index (χ4v) is 2.14. The Morgan fingerprint density at radius 3 is 2.62 bits per heavy atom. The minimum atomic E-state index is -0.419. The zero-order chi connectivity index (χ0) is 12.3. The first-order chi connectivity index (χ1) is 7.35. The molecule has 2 atom stereocenters. The summed E-state index contributed by atoms with van der Waals surface area (Å²) in [5.41, 5.74) is -0.419. The Kier molecular flexibility index (Phi) is 4.00. The van der Waals surface area contributed by atoms with Crippen LogP contribution in [0, 0.1) is 0 Å². The topological polar surface area (TPSA) is 29.5 Å². The number of hydrogen-bond acceptors (Lipinski definition) is 2. The van der Waals surface area contributed by atoms with Crippen LogP contribution in [0.15, 0.2) is 12.7 Å². The molecule has 3 heteroatoms. The molecule has 0 saturated carbocycles. The maximum atomic E-state index is 12.0. The quantitative estimate of drug-likeness (QED) is 0.674. The lowest BCUT2D eigenvalue weighted by Gasteiger charge is -2.31. The third-order valence-corrected chi connectivity index (χ3v) is 2.83. The van der Waals surface area contributed by atoms with Crippen LogP contribution in [0.25, 0.3) is 0 Å². The van der Waals surface area contributed by atoms with Crippen molar-refractivity contribution >= 4 is 6.09 Å². The van der Waals surface area contributed by atoms with Gasteiger partial charge in [0.2, 0.25) is 0 Å². The number of nitrogens with zero attached hydrogens (tertiary/aromatic N) is 1. The van der Waals surface area contributed by atoms with Gasteiger partial charge in [-0.1, -0.05) is 6.08 Å². The van der Waals surface area contributed by atoms with E-state index in [4.69, 9.17) is 4.74 Å². The molecule has 0 aromatic carbocycles. The van der Waals surface area contributed by atoms with Crippen molar-refractivity contribution in [1.82, 2.24) is 4.90 Å². The molecule has 0 aliphatic carbocycles. The van der Waals surface area contributed by atoms with Crippen LogP contribution in [-0.2, 0) is 4.74 Å². The van der Waals surface area contributed by atoms with Gasteiger partial charge < -0.3 is 9.64 Å². The zero-order valence-corrected chi connectivity index (χ0v) is 10.8. The van der Waals surface area contributed by atoms with Crippen LogP contribution in [-0.4, -0.2) is 28.7 Å². The van der Waals surface area contributed by atoms with Gasteiger partial charge in [0.25, 0.3) is 0 Å². The van der Waals surface area contributed by atoms with Crippen molar-refractivity contribution in [2.45, 2.75) is 64.6 Å². The molecule has 0 spiro atoms.